The summed E-state index contributed by atoms with van der Waals surface area (Å²) in [6.45, 7) is 8.05. The molecule has 0 bridgehead atoms. The Morgan fingerprint density at radius 3 is 2.48 bits per heavy atom. The van der Waals surface area contributed by atoms with E-state index in [2.05, 4.69) is 20.8 Å². The van der Waals surface area contributed by atoms with Gasteiger partial charge in [-0.25, -0.2) is 4.79 Å². The van der Waals surface area contributed by atoms with Gasteiger partial charge in [0.05, 0.1) is 12.3 Å². The third-order valence-corrected chi connectivity index (χ3v) is 4.13. The normalized spacial score (nSPS) is 11.2. The second-order valence-corrected chi connectivity index (χ2v) is 7.59. The minimum atomic E-state index is -0.500. The first kappa shape index (κ1) is 19.0. The van der Waals surface area contributed by atoms with E-state index in [-0.39, 0.29) is 11.7 Å². The Morgan fingerprint density at radius 1 is 1.16 bits per heavy atom. The van der Waals surface area contributed by atoms with Gasteiger partial charge >= 0.3 is 6.03 Å². The Labute approximate surface area is 151 Å². The summed E-state index contributed by atoms with van der Waals surface area (Å²) in [7, 11) is 0. The molecule has 0 spiro atoms. The minimum Gasteiger partial charge on any atom is -0.333 e. The van der Waals surface area contributed by atoms with Crippen LogP contribution >= 0.6 is 11.8 Å². The second kappa shape index (κ2) is 8.15. The van der Waals surface area contributed by atoms with Gasteiger partial charge in [0.25, 0.3) is 0 Å². The number of rotatable bonds is 5. The quantitative estimate of drug-likeness (QED) is 0.798. The van der Waals surface area contributed by atoms with Crippen LogP contribution in [0.15, 0.2) is 35.5 Å². The lowest BCUT2D eigenvalue weighted by Crippen LogP contribution is -2.48. The van der Waals surface area contributed by atoms with Crippen LogP contribution in [0.2, 0.25) is 0 Å². The lowest BCUT2D eigenvalue weighted by atomic mass is 10.1. The third-order valence-electron chi connectivity index (χ3n) is 3.16. The fourth-order valence-corrected chi connectivity index (χ4v) is 2.86. The standard InChI is InChI=1S/C17H23N5O2S/c1-12-20-21-16(22(12)10-13-8-6-5-7-9-13)25-11-14(23)18-15(24)19-17(2,3)4/h5-9H,10-11H2,1-4H3,(H2,18,19,23,24). The van der Waals surface area contributed by atoms with Gasteiger partial charge in [-0.1, -0.05) is 42.1 Å². The lowest BCUT2D eigenvalue weighted by molar-refractivity contribution is -0.117. The Kier molecular flexibility index (Phi) is 6.19. The molecule has 7 nitrogen and oxygen atoms in total. The molecule has 0 aliphatic rings. The molecule has 2 N–H and O–H groups in total. The molecule has 134 valence electrons. The number of thioether (sulfide) groups is 1. The summed E-state index contributed by atoms with van der Waals surface area (Å²) < 4.78 is 1.95. The predicted molar refractivity (Wildman–Crippen MR) is 97.5 cm³/mol. The molecule has 0 saturated carbocycles. The van der Waals surface area contributed by atoms with Crippen molar-refractivity contribution in [2.24, 2.45) is 0 Å². The summed E-state index contributed by atoms with van der Waals surface area (Å²) in [5, 5.41) is 13.8. The van der Waals surface area contributed by atoms with Gasteiger partial charge in [-0.15, -0.1) is 10.2 Å². The number of aromatic nitrogens is 3. The van der Waals surface area contributed by atoms with Gasteiger partial charge in [-0.2, -0.15) is 0 Å². The number of nitrogens with zero attached hydrogens (tertiary/aromatic N) is 3. The molecule has 1 heterocycles. The van der Waals surface area contributed by atoms with Crippen molar-refractivity contribution in [3.05, 3.63) is 41.7 Å². The summed E-state index contributed by atoms with van der Waals surface area (Å²) in [6, 6.07) is 9.46. The fraction of sp³-hybridized carbons (Fsp3) is 0.412. The summed E-state index contributed by atoms with van der Waals surface area (Å²) >= 11 is 1.25. The average Bonchev–Trinajstić information content (AvgIpc) is 2.85. The second-order valence-electron chi connectivity index (χ2n) is 6.64. The molecule has 0 aliphatic heterocycles. The van der Waals surface area contributed by atoms with Gasteiger partial charge in [0, 0.05) is 5.54 Å². The highest BCUT2D eigenvalue weighted by molar-refractivity contribution is 7.99. The van der Waals surface area contributed by atoms with E-state index in [4.69, 9.17) is 0 Å². The topological polar surface area (TPSA) is 88.9 Å². The molecule has 2 rings (SSSR count). The maximum atomic E-state index is 11.9. The highest BCUT2D eigenvalue weighted by Gasteiger charge is 2.17. The number of benzene rings is 1. The number of carbonyl (C=O) groups excluding carboxylic acids is 2. The lowest BCUT2D eigenvalue weighted by Gasteiger charge is -2.20. The molecule has 2 aromatic rings. The zero-order chi connectivity index (χ0) is 18.4. The number of amides is 3. The van der Waals surface area contributed by atoms with Crippen molar-refractivity contribution in [2.75, 3.05) is 5.75 Å². The number of hydrogen-bond acceptors (Lipinski definition) is 5. The molecule has 0 atom stereocenters. The summed E-state index contributed by atoms with van der Waals surface area (Å²) in [5.74, 6) is 0.487. The third kappa shape index (κ3) is 6.22. The average molecular weight is 361 g/mol. The number of urea groups is 1. The van der Waals surface area contributed by atoms with E-state index in [0.717, 1.165) is 11.4 Å². The molecule has 1 aromatic carbocycles. The van der Waals surface area contributed by atoms with Crippen LogP contribution in [0, 0.1) is 6.92 Å². The van der Waals surface area contributed by atoms with Crippen molar-refractivity contribution in [1.29, 1.82) is 0 Å². The number of nitrogens with one attached hydrogen (secondary N) is 2. The van der Waals surface area contributed by atoms with Crippen LogP contribution in [0.5, 0.6) is 0 Å². The highest BCUT2D eigenvalue weighted by atomic mass is 32.2. The monoisotopic (exact) mass is 361 g/mol. The predicted octanol–water partition coefficient (Wildman–Crippen LogP) is 2.35. The minimum absolute atomic E-state index is 0.0878. The van der Waals surface area contributed by atoms with Crippen LogP contribution in [0.4, 0.5) is 4.79 Å². The van der Waals surface area contributed by atoms with Crippen molar-refractivity contribution < 1.29 is 9.59 Å². The van der Waals surface area contributed by atoms with E-state index < -0.39 is 11.6 Å². The SMILES string of the molecule is Cc1nnc(SCC(=O)NC(=O)NC(C)(C)C)n1Cc1ccccc1. The van der Waals surface area contributed by atoms with Gasteiger partial charge < -0.3 is 9.88 Å². The largest absolute Gasteiger partial charge is 0.333 e. The van der Waals surface area contributed by atoms with E-state index >= 15 is 0 Å². The van der Waals surface area contributed by atoms with Crippen molar-refractivity contribution in [1.82, 2.24) is 25.4 Å². The van der Waals surface area contributed by atoms with E-state index in [1.54, 1.807) is 0 Å². The molecule has 3 amide bonds. The Morgan fingerprint density at radius 2 is 1.84 bits per heavy atom. The van der Waals surface area contributed by atoms with Gasteiger partial charge in [-0.05, 0) is 33.3 Å². The smallest absolute Gasteiger partial charge is 0.321 e. The molecule has 0 fully saturated rings. The summed E-state index contributed by atoms with van der Waals surface area (Å²) in [4.78, 5) is 23.6. The van der Waals surface area contributed by atoms with Crippen LogP contribution in [0.3, 0.4) is 0 Å². The van der Waals surface area contributed by atoms with Crippen molar-refractivity contribution >= 4 is 23.7 Å². The number of imide groups is 1. The molecule has 8 heteroatoms. The zero-order valence-electron chi connectivity index (χ0n) is 14.9. The van der Waals surface area contributed by atoms with E-state index in [1.165, 1.54) is 11.8 Å². The van der Waals surface area contributed by atoms with E-state index in [1.807, 2.05) is 62.6 Å². The van der Waals surface area contributed by atoms with Crippen molar-refractivity contribution in [3.8, 4) is 0 Å². The summed E-state index contributed by atoms with van der Waals surface area (Å²) in [6.07, 6.45) is 0. The molecule has 0 unspecified atom stereocenters. The van der Waals surface area contributed by atoms with Crippen LogP contribution in [-0.2, 0) is 11.3 Å². The molecule has 0 saturated heterocycles. The molecular formula is C17H23N5O2S. The van der Waals surface area contributed by atoms with Gasteiger partial charge in [-0.3, -0.25) is 10.1 Å². The number of hydrogen-bond donors (Lipinski definition) is 2. The molecular weight excluding hydrogens is 338 g/mol. The maximum Gasteiger partial charge on any atom is 0.321 e. The number of carbonyl (C=O) groups is 2. The van der Waals surface area contributed by atoms with Crippen LogP contribution in [0.25, 0.3) is 0 Å². The Hall–Kier alpha value is -2.35. The molecule has 0 radical (unpaired) electrons. The molecule has 0 aliphatic carbocycles. The Bertz CT molecular complexity index is 737. The maximum absolute atomic E-state index is 11.9. The first-order valence-electron chi connectivity index (χ1n) is 7.93. The Balaban J connectivity index is 1.93. The van der Waals surface area contributed by atoms with Crippen molar-refractivity contribution in [2.45, 2.75) is 44.9 Å². The highest BCUT2D eigenvalue weighted by Crippen LogP contribution is 2.18. The van der Waals surface area contributed by atoms with Gasteiger partial charge in [0.2, 0.25) is 5.91 Å². The zero-order valence-corrected chi connectivity index (χ0v) is 15.7. The van der Waals surface area contributed by atoms with Crippen LogP contribution in [0.1, 0.15) is 32.2 Å². The first-order valence-corrected chi connectivity index (χ1v) is 8.92. The summed E-state index contributed by atoms with van der Waals surface area (Å²) in [5.41, 5.74) is 0.728. The van der Waals surface area contributed by atoms with E-state index in [0.29, 0.717) is 11.7 Å². The van der Waals surface area contributed by atoms with Gasteiger partial charge in [0.1, 0.15) is 5.82 Å². The first-order chi connectivity index (χ1) is 11.7. The molecule has 25 heavy (non-hydrogen) atoms. The number of aryl methyl sites for hydroxylation is 1. The van der Waals surface area contributed by atoms with Crippen molar-refractivity contribution in [3.63, 3.8) is 0 Å². The molecule has 1 aromatic heterocycles. The van der Waals surface area contributed by atoms with Gasteiger partial charge in [0.15, 0.2) is 5.16 Å². The van der Waals surface area contributed by atoms with Crippen LogP contribution in [-0.4, -0.2) is 38.0 Å². The fourth-order valence-electron chi connectivity index (χ4n) is 2.08. The van der Waals surface area contributed by atoms with E-state index in [9.17, 15) is 9.59 Å². The van der Waals surface area contributed by atoms with Crippen LogP contribution < -0.4 is 10.6 Å².